The third-order valence-corrected chi connectivity index (χ3v) is 5.98. The Kier molecular flexibility index (Phi) is 5.23. The predicted octanol–water partition coefficient (Wildman–Crippen LogP) is 3.46. The number of nitrogens with zero attached hydrogens (tertiary/aromatic N) is 1. The van der Waals surface area contributed by atoms with E-state index in [0.29, 0.717) is 19.4 Å². The van der Waals surface area contributed by atoms with Gasteiger partial charge in [-0.3, -0.25) is 9.59 Å². The smallest absolute Gasteiger partial charge is 0.225 e. The van der Waals surface area contributed by atoms with Gasteiger partial charge in [-0.15, -0.1) is 11.3 Å². The minimum Gasteiger partial charge on any atom is -0.369 e. The SMILES string of the molecule is CCC(=O)N1CCCC(Cc2ccc(-c3cccs3)cc2)(C(N)=O)C1. The van der Waals surface area contributed by atoms with Crippen LogP contribution in [0.5, 0.6) is 0 Å². The van der Waals surface area contributed by atoms with E-state index in [1.807, 2.05) is 13.0 Å². The van der Waals surface area contributed by atoms with Crippen LogP contribution in [0.4, 0.5) is 0 Å². The number of benzene rings is 1. The van der Waals surface area contributed by atoms with Gasteiger partial charge in [0.15, 0.2) is 0 Å². The molecule has 2 heterocycles. The minimum absolute atomic E-state index is 0.0957. The molecule has 1 aromatic carbocycles. The van der Waals surface area contributed by atoms with Crippen LogP contribution in [0, 0.1) is 5.41 Å². The molecule has 1 saturated heterocycles. The van der Waals surface area contributed by atoms with Gasteiger partial charge in [-0.25, -0.2) is 0 Å². The van der Waals surface area contributed by atoms with Crippen molar-refractivity contribution < 1.29 is 9.59 Å². The molecule has 1 aliphatic heterocycles. The van der Waals surface area contributed by atoms with Crippen LogP contribution in [-0.4, -0.2) is 29.8 Å². The molecule has 0 bridgehead atoms. The number of hydrogen-bond donors (Lipinski definition) is 1. The molecule has 1 fully saturated rings. The van der Waals surface area contributed by atoms with Crippen LogP contribution in [0.25, 0.3) is 10.4 Å². The number of hydrogen-bond acceptors (Lipinski definition) is 3. The van der Waals surface area contributed by atoms with Crippen LogP contribution in [0.2, 0.25) is 0 Å². The molecule has 0 aliphatic carbocycles. The number of primary amides is 1. The summed E-state index contributed by atoms with van der Waals surface area (Å²) >= 11 is 1.71. The van der Waals surface area contributed by atoms with E-state index < -0.39 is 5.41 Å². The fourth-order valence-electron chi connectivity index (χ4n) is 3.62. The number of piperidine rings is 1. The summed E-state index contributed by atoms with van der Waals surface area (Å²) in [6, 6.07) is 12.5. The average Bonchev–Trinajstić information content (AvgIpc) is 3.16. The summed E-state index contributed by atoms with van der Waals surface area (Å²) in [4.78, 5) is 27.4. The fraction of sp³-hybridized carbons (Fsp3) is 0.400. The average molecular weight is 356 g/mol. The van der Waals surface area contributed by atoms with Gasteiger partial charge in [-0.1, -0.05) is 37.3 Å². The molecule has 1 atom stereocenters. The lowest BCUT2D eigenvalue weighted by Gasteiger charge is -2.41. The lowest BCUT2D eigenvalue weighted by molar-refractivity contribution is -0.139. The van der Waals surface area contributed by atoms with Crippen molar-refractivity contribution in [2.45, 2.75) is 32.6 Å². The first-order valence-corrected chi connectivity index (χ1v) is 9.62. The van der Waals surface area contributed by atoms with Gasteiger partial charge in [0, 0.05) is 24.4 Å². The Labute approximate surface area is 152 Å². The van der Waals surface area contributed by atoms with Gasteiger partial charge in [0.1, 0.15) is 0 Å². The molecule has 25 heavy (non-hydrogen) atoms. The second kappa shape index (κ2) is 7.40. The number of amides is 2. The quantitative estimate of drug-likeness (QED) is 0.892. The Hall–Kier alpha value is -2.14. The van der Waals surface area contributed by atoms with E-state index in [9.17, 15) is 9.59 Å². The first-order chi connectivity index (χ1) is 12.0. The topological polar surface area (TPSA) is 63.4 Å². The first-order valence-electron chi connectivity index (χ1n) is 8.74. The summed E-state index contributed by atoms with van der Waals surface area (Å²) in [5.41, 5.74) is 7.39. The number of thiophene rings is 1. The van der Waals surface area contributed by atoms with Gasteiger partial charge < -0.3 is 10.6 Å². The highest BCUT2D eigenvalue weighted by Gasteiger charge is 2.41. The van der Waals surface area contributed by atoms with Crippen molar-refractivity contribution in [2.24, 2.45) is 11.1 Å². The zero-order chi connectivity index (χ0) is 17.9. The molecule has 3 rings (SSSR count). The van der Waals surface area contributed by atoms with Gasteiger partial charge in [0.05, 0.1) is 5.41 Å². The van der Waals surface area contributed by atoms with Crippen molar-refractivity contribution in [1.82, 2.24) is 4.90 Å². The zero-order valence-corrected chi connectivity index (χ0v) is 15.3. The van der Waals surface area contributed by atoms with Gasteiger partial charge in [-0.05, 0) is 41.8 Å². The normalized spacial score (nSPS) is 20.4. The van der Waals surface area contributed by atoms with Crippen molar-refractivity contribution in [3.63, 3.8) is 0 Å². The molecule has 0 radical (unpaired) electrons. The summed E-state index contributed by atoms with van der Waals surface area (Å²) in [7, 11) is 0. The molecule has 2 aromatic rings. The van der Waals surface area contributed by atoms with Crippen LogP contribution in [-0.2, 0) is 16.0 Å². The zero-order valence-electron chi connectivity index (χ0n) is 14.5. The molecule has 5 heteroatoms. The molecule has 4 nitrogen and oxygen atoms in total. The molecule has 2 amide bonds. The molecular weight excluding hydrogens is 332 g/mol. The van der Waals surface area contributed by atoms with Crippen LogP contribution >= 0.6 is 11.3 Å². The highest BCUT2D eigenvalue weighted by atomic mass is 32.1. The largest absolute Gasteiger partial charge is 0.369 e. The maximum absolute atomic E-state index is 12.3. The van der Waals surface area contributed by atoms with Crippen LogP contribution in [0.15, 0.2) is 41.8 Å². The minimum atomic E-state index is -0.659. The van der Waals surface area contributed by atoms with Crippen molar-refractivity contribution in [2.75, 3.05) is 13.1 Å². The first kappa shape index (κ1) is 17.7. The molecule has 2 N–H and O–H groups in total. The summed E-state index contributed by atoms with van der Waals surface area (Å²) in [5, 5.41) is 2.06. The van der Waals surface area contributed by atoms with Gasteiger partial charge in [0.2, 0.25) is 11.8 Å². The number of carbonyl (C=O) groups is 2. The van der Waals surface area contributed by atoms with E-state index in [1.54, 1.807) is 16.2 Å². The molecule has 132 valence electrons. The van der Waals surface area contributed by atoms with E-state index in [-0.39, 0.29) is 11.8 Å². The van der Waals surface area contributed by atoms with E-state index in [4.69, 9.17) is 5.73 Å². The van der Waals surface area contributed by atoms with E-state index in [2.05, 4.69) is 35.7 Å². The van der Waals surface area contributed by atoms with Gasteiger partial charge in [-0.2, -0.15) is 0 Å². The predicted molar refractivity (Wildman–Crippen MR) is 101 cm³/mol. The molecule has 0 spiro atoms. The summed E-state index contributed by atoms with van der Waals surface area (Å²) in [6.45, 7) is 3.01. The maximum atomic E-state index is 12.3. The van der Waals surface area contributed by atoms with Crippen molar-refractivity contribution in [3.8, 4) is 10.4 Å². The van der Waals surface area contributed by atoms with E-state index in [1.165, 1.54) is 10.4 Å². The summed E-state index contributed by atoms with van der Waals surface area (Å²) in [5.74, 6) is -0.207. The Balaban J connectivity index is 1.80. The van der Waals surface area contributed by atoms with Crippen LogP contribution < -0.4 is 5.73 Å². The maximum Gasteiger partial charge on any atom is 0.225 e. The van der Waals surface area contributed by atoms with Crippen LogP contribution in [0.1, 0.15) is 31.7 Å². The van der Waals surface area contributed by atoms with Gasteiger partial charge >= 0.3 is 0 Å². The third kappa shape index (κ3) is 3.76. The number of carbonyl (C=O) groups excluding carboxylic acids is 2. The van der Waals surface area contributed by atoms with Crippen LogP contribution in [0.3, 0.4) is 0 Å². The molecule has 1 aliphatic rings. The van der Waals surface area contributed by atoms with E-state index in [0.717, 1.165) is 24.9 Å². The Morgan fingerprint density at radius 1 is 1.24 bits per heavy atom. The molecule has 1 aromatic heterocycles. The number of likely N-dealkylation sites (tertiary alicyclic amines) is 1. The second-order valence-electron chi connectivity index (χ2n) is 6.77. The van der Waals surface area contributed by atoms with Crippen molar-refractivity contribution in [1.29, 1.82) is 0 Å². The number of rotatable bonds is 5. The second-order valence-corrected chi connectivity index (χ2v) is 7.72. The summed E-state index contributed by atoms with van der Waals surface area (Å²) < 4.78 is 0. The Bertz CT molecular complexity index is 740. The molecule has 0 saturated carbocycles. The molecule has 1 unspecified atom stereocenters. The monoisotopic (exact) mass is 356 g/mol. The Morgan fingerprint density at radius 2 is 2.00 bits per heavy atom. The lowest BCUT2D eigenvalue weighted by atomic mass is 9.74. The lowest BCUT2D eigenvalue weighted by Crippen LogP contribution is -2.53. The highest BCUT2D eigenvalue weighted by molar-refractivity contribution is 7.13. The summed E-state index contributed by atoms with van der Waals surface area (Å²) in [6.07, 6.45) is 2.61. The standard InChI is InChI=1S/C20H24N2O2S/c1-2-18(23)22-11-4-10-20(14-22,19(21)24)13-15-6-8-16(9-7-15)17-5-3-12-25-17/h3,5-9,12H,2,4,10-11,13-14H2,1H3,(H2,21,24). The van der Waals surface area contributed by atoms with Crippen molar-refractivity contribution in [3.05, 3.63) is 47.3 Å². The van der Waals surface area contributed by atoms with Gasteiger partial charge in [0.25, 0.3) is 0 Å². The molecular formula is C20H24N2O2S. The number of nitrogens with two attached hydrogens (primary N) is 1. The Morgan fingerprint density at radius 3 is 2.60 bits per heavy atom. The highest BCUT2D eigenvalue weighted by Crippen LogP contribution is 2.34. The van der Waals surface area contributed by atoms with Crippen molar-refractivity contribution >= 4 is 23.2 Å². The third-order valence-electron chi connectivity index (χ3n) is 5.06. The van der Waals surface area contributed by atoms with E-state index >= 15 is 0 Å². The fourth-order valence-corrected chi connectivity index (χ4v) is 4.35.